The van der Waals surface area contributed by atoms with Crippen molar-refractivity contribution in [1.29, 1.82) is 0 Å². The second-order valence-corrected chi connectivity index (χ2v) is 24.2. The monoisotopic (exact) mass is 1230 g/mol. The van der Waals surface area contributed by atoms with Crippen molar-refractivity contribution in [2.75, 3.05) is 177 Å². The van der Waals surface area contributed by atoms with E-state index in [0.717, 1.165) is 94.1 Å². The molecule has 4 heterocycles. The van der Waals surface area contributed by atoms with Gasteiger partial charge in [0.2, 0.25) is 23.6 Å². The maximum Gasteiger partial charge on any atom is 0.317 e. The van der Waals surface area contributed by atoms with Crippen LogP contribution >= 0.6 is 0 Å². The minimum atomic E-state index is -1.03. The highest BCUT2D eigenvalue weighted by atomic mass is 16.5. The number of aryl methyl sites for hydroxylation is 3. The van der Waals surface area contributed by atoms with E-state index >= 15 is 0 Å². The Kier molecular flexibility index (Phi) is 27.0. The molecule has 2 saturated heterocycles. The molecule has 2 aliphatic heterocycles. The van der Waals surface area contributed by atoms with Gasteiger partial charge < -0.3 is 55.7 Å². The van der Waals surface area contributed by atoms with Crippen molar-refractivity contribution < 1.29 is 63.1 Å². The summed E-state index contributed by atoms with van der Waals surface area (Å²) in [6.45, 7) is 18.1. The van der Waals surface area contributed by atoms with Crippen molar-refractivity contribution in [1.82, 2.24) is 65.3 Å². The number of nitrogens with zero attached hydrogens (tertiary/aromatic N) is 9. The summed E-state index contributed by atoms with van der Waals surface area (Å²) in [5.41, 5.74) is 7.42. The maximum atomic E-state index is 13.7. The molecular weight excluding hydrogens is 1130 g/mol. The van der Waals surface area contributed by atoms with Crippen LogP contribution in [0.15, 0.2) is 36.4 Å². The van der Waals surface area contributed by atoms with Gasteiger partial charge in [-0.3, -0.25) is 58.1 Å². The summed E-state index contributed by atoms with van der Waals surface area (Å²) in [6.07, 6.45) is 9.62. The number of carboxylic acids is 3. The van der Waals surface area contributed by atoms with Crippen LogP contribution < -0.4 is 21.3 Å². The third-order valence-corrected chi connectivity index (χ3v) is 16.9. The van der Waals surface area contributed by atoms with Gasteiger partial charge in [0.05, 0.1) is 63.7 Å². The number of rotatable bonds is 35. The number of carboxylic acid groups (broad SMARTS) is 3. The van der Waals surface area contributed by atoms with Gasteiger partial charge in [0.15, 0.2) is 5.65 Å². The van der Waals surface area contributed by atoms with Crippen LogP contribution in [0.5, 0.6) is 0 Å². The molecule has 3 aromatic rings. The molecule has 4 amide bonds. The molecule has 1 aromatic carbocycles. The Morgan fingerprint density at radius 2 is 1.15 bits per heavy atom. The molecule has 3 aliphatic carbocycles. The van der Waals surface area contributed by atoms with E-state index in [1.54, 1.807) is 14.7 Å². The summed E-state index contributed by atoms with van der Waals surface area (Å²) in [5, 5.41) is 44.6. The fourth-order valence-electron chi connectivity index (χ4n) is 12.4. The molecular formula is C62H95N13O13. The number of ether oxygens (including phenoxy) is 3. The van der Waals surface area contributed by atoms with E-state index in [-0.39, 0.29) is 74.9 Å². The Labute approximate surface area is 516 Å². The number of hydrogen-bond donors (Lipinski definition) is 7. The van der Waals surface area contributed by atoms with Crippen molar-refractivity contribution in [2.24, 2.45) is 10.8 Å². The van der Waals surface area contributed by atoms with Gasteiger partial charge in [-0.1, -0.05) is 43.3 Å². The van der Waals surface area contributed by atoms with Gasteiger partial charge in [-0.2, -0.15) is 5.10 Å². The molecule has 8 rings (SSSR count). The van der Waals surface area contributed by atoms with Crippen molar-refractivity contribution in [3.8, 4) is 0 Å². The molecule has 3 saturated carbocycles. The first-order valence-corrected chi connectivity index (χ1v) is 31.2. The van der Waals surface area contributed by atoms with Crippen LogP contribution in [0, 0.1) is 24.7 Å². The zero-order chi connectivity index (χ0) is 63.1. The fraction of sp³-hybridized carbons (Fsp3) is 0.661. The first kappa shape index (κ1) is 69.0. The molecule has 2 bridgehead atoms. The predicted octanol–water partition coefficient (Wildman–Crippen LogP) is 0.459. The summed E-state index contributed by atoms with van der Waals surface area (Å²) in [5.74, 6) is -4.07. The molecule has 26 heteroatoms. The minimum Gasteiger partial charge on any atom is -0.480 e. The van der Waals surface area contributed by atoms with E-state index in [2.05, 4.69) is 87.4 Å². The third kappa shape index (κ3) is 21.9. The van der Waals surface area contributed by atoms with Crippen molar-refractivity contribution in [3.63, 3.8) is 0 Å². The van der Waals surface area contributed by atoms with Crippen LogP contribution in [0.4, 0.5) is 0 Å². The number of hydrogen-bond acceptors (Lipinski definition) is 18. The fourth-order valence-corrected chi connectivity index (χ4v) is 12.4. The summed E-state index contributed by atoms with van der Waals surface area (Å²) in [4.78, 5) is 103. The van der Waals surface area contributed by atoms with Crippen LogP contribution in [-0.4, -0.2) is 284 Å². The molecule has 5 fully saturated rings. The van der Waals surface area contributed by atoms with Gasteiger partial charge in [0, 0.05) is 155 Å². The topological polar surface area (TPSA) is 306 Å². The van der Waals surface area contributed by atoms with Crippen LogP contribution in [0.3, 0.4) is 0 Å². The smallest absolute Gasteiger partial charge is 0.317 e. The van der Waals surface area contributed by atoms with Crippen molar-refractivity contribution >= 4 is 53.3 Å². The molecule has 5 aliphatic rings. The lowest BCUT2D eigenvalue weighted by Gasteiger charge is -2.70. The normalized spacial score (nSPS) is 20.5. The van der Waals surface area contributed by atoms with Gasteiger partial charge >= 0.3 is 17.9 Å². The first-order valence-electron chi connectivity index (χ1n) is 31.2. The number of benzene rings is 1. The highest BCUT2D eigenvalue weighted by molar-refractivity contribution is 5.92. The number of aromatic nitrogens is 3. The Morgan fingerprint density at radius 3 is 1.67 bits per heavy atom. The molecule has 0 unspecified atom stereocenters. The molecule has 2 aromatic heterocycles. The van der Waals surface area contributed by atoms with E-state index in [1.165, 1.54) is 23.6 Å². The van der Waals surface area contributed by atoms with Crippen LogP contribution in [0.25, 0.3) is 11.7 Å². The second-order valence-electron chi connectivity index (χ2n) is 24.2. The Balaban J connectivity index is 0.695. The maximum absolute atomic E-state index is 13.7. The number of amides is 4. The molecule has 88 heavy (non-hydrogen) atoms. The molecule has 7 N–H and O–H groups in total. The number of carbonyl (C=O) groups excluding carboxylic acids is 4. The molecule has 26 nitrogen and oxygen atoms in total. The highest BCUT2D eigenvalue weighted by Crippen LogP contribution is 2.73. The van der Waals surface area contributed by atoms with Gasteiger partial charge in [-0.25, -0.2) is 9.50 Å². The number of carbonyl (C=O) groups is 7. The predicted molar refractivity (Wildman–Crippen MR) is 329 cm³/mol. The lowest BCUT2D eigenvalue weighted by atomic mass is 9.34. The summed E-state index contributed by atoms with van der Waals surface area (Å²) in [6, 6.07) is 9.94. The van der Waals surface area contributed by atoms with E-state index in [1.807, 2.05) is 16.3 Å². The molecule has 486 valence electrons. The average molecular weight is 1230 g/mol. The van der Waals surface area contributed by atoms with E-state index < -0.39 is 29.4 Å². The standard InChI is InChI=1S/C62H95N13O13/c1-5-52-51(58-66-46(2)35-47(3)75(58)68-52)36-50-12-10-49(11-13-50)9-6-16-69-17-27-74(28-18-69)45-61-42-62(43-61,44-61)60(85)67-53(37-65-48(4)76)59(84)64-15-8-30-87-32-34-88-33-31-86-29-7-14-63-54(77)38-70-19-21-71(39-55(78)79)23-25-73(41-57(82)83)26-24-72(22-20-70)40-56(80)81/h6,9-13,35,53H,5,7-8,14-34,36-45H2,1-4H3,(H,63,77)(H,64,84)(H,65,76)(H,67,85)(H,78,79)(H,80,81)(H,82,83)/b9-6+/t53-,61?,62?/m0/s1. The molecule has 0 spiro atoms. The summed E-state index contributed by atoms with van der Waals surface area (Å²) < 4.78 is 18.9. The van der Waals surface area contributed by atoms with E-state index in [0.29, 0.717) is 105 Å². The Hall–Kier alpha value is -6.49. The SMILES string of the molecule is CCc1nn2c(C)cc(C)nc2c1Cc1ccc(/C=C/CN2CCN(CC34CC(C(=O)N[C@@H](CNC(C)=O)C(=O)NCCCOCCOCCOCCCNC(=O)CN5CCN(CC(=O)O)CCN(CC(=O)O)CCN(CC(=O)O)CC5)(C3)C4)CC2)cc1. The first-order chi connectivity index (χ1) is 42.3. The quantitative estimate of drug-likeness (QED) is 0.0394. The average Bonchev–Trinajstić information content (AvgIpc) is 0.769. The number of aliphatic carboxylic acids is 3. The van der Waals surface area contributed by atoms with Crippen LogP contribution in [0.1, 0.15) is 79.7 Å². The summed E-state index contributed by atoms with van der Waals surface area (Å²) in [7, 11) is 0. The third-order valence-electron chi connectivity index (χ3n) is 16.9. The molecule has 0 radical (unpaired) electrons. The number of piperazine rings is 1. The van der Waals surface area contributed by atoms with E-state index in [4.69, 9.17) is 24.3 Å². The van der Waals surface area contributed by atoms with E-state index in [9.17, 15) is 48.9 Å². The molecule has 1 atom stereocenters. The van der Waals surface area contributed by atoms with Gasteiger partial charge in [0.25, 0.3) is 0 Å². The number of nitrogens with one attached hydrogen (secondary N) is 4. The van der Waals surface area contributed by atoms with Gasteiger partial charge in [-0.05, 0) is 75.0 Å². The Bertz CT molecular complexity index is 2770. The largest absolute Gasteiger partial charge is 0.480 e. The van der Waals surface area contributed by atoms with Gasteiger partial charge in [0.1, 0.15) is 6.04 Å². The number of fused-ring (bicyclic) bond motifs is 1. The van der Waals surface area contributed by atoms with Gasteiger partial charge in [-0.15, -0.1) is 0 Å². The van der Waals surface area contributed by atoms with Crippen molar-refractivity contribution in [2.45, 2.75) is 78.7 Å². The minimum absolute atomic E-state index is 0.00473. The zero-order valence-electron chi connectivity index (χ0n) is 52.1. The van der Waals surface area contributed by atoms with Crippen LogP contribution in [0.2, 0.25) is 0 Å². The lowest BCUT2D eigenvalue weighted by Crippen LogP contribution is -2.72. The van der Waals surface area contributed by atoms with Crippen LogP contribution in [-0.2, 0) is 60.6 Å². The second kappa shape index (κ2) is 34.5. The highest BCUT2D eigenvalue weighted by Gasteiger charge is 2.71. The Morgan fingerprint density at radius 1 is 0.648 bits per heavy atom. The zero-order valence-corrected chi connectivity index (χ0v) is 52.1. The summed E-state index contributed by atoms with van der Waals surface area (Å²) >= 11 is 0. The van der Waals surface area contributed by atoms with Crippen molar-refractivity contribution in [3.05, 3.63) is 70.2 Å². The lowest BCUT2D eigenvalue weighted by molar-refractivity contribution is -0.215.